The van der Waals surface area contributed by atoms with Crippen molar-refractivity contribution >= 4 is 13.7 Å². The number of unbranched alkanes of at least 4 members (excludes halogenated alkanes) is 18. The molecule has 0 heterocycles. The highest BCUT2D eigenvalue weighted by Gasteiger charge is 2.28. The molecule has 0 aliphatic rings. The fourth-order valence-corrected chi connectivity index (χ4v) is 5.95. The lowest BCUT2D eigenvalue weighted by molar-refractivity contribution is -0.870. The van der Waals surface area contributed by atoms with Crippen molar-refractivity contribution < 1.29 is 32.9 Å². The number of allylic oxidation sites excluding steroid dienone is 2. The van der Waals surface area contributed by atoms with Gasteiger partial charge in [0.05, 0.1) is 39.9 Å². The first-order valence-corrected chi connectivity index (χ1v) is 20.0. The Labute approximate surface area is 278 Å². The van der Waals surface area contributed by atoms with Crippen LogP contribution in [-0.2, 0) is 18.4 Å². The van der Waals surface area contributed by atoms with E-state index in [0.717, 1.165) is 51.4 Å². The van der Waals surface area contributed by atoms with Gasteiger partial charge >= 0.3 is 7.82 Å². The Morgan fingerprint density at radius 2 is 1.20 bits per heavy atom. The minimum absolute atomic E-state index is 0.0741. The Kier molecular flexibility index (Phi) is 28.9. The van der Waals surface area contributed by atoms with Gasteiger partial charge in [-0.25, -0.2) is 4.57 Å². The first kappa shape index (κ1) is 44.2. The fraction of sp³-hybridized carbons (Fsp3) is 0.917. The molecule has 8 nitrogen and oxygen atoms in total. The maximum absolute atomic E-state index is 12.8. The van der Waals surface area contributed by atoms with Crippen molar-refractivity contribution in [3.8, 4) is 0 Å². The molecule has 3 N–H and O–H groups in total. The quantitative estimate of drug-likeness (QED) is 0.0280. The van der Waals surface area contributed by atoms with Crippen LogP contribution in [0.25, 0.3) is 0 Å². The third-order valence-corrected chi connectivity index (χ3v) is 9.25. The van der Waals surface area contributed by atoms with Gasteiger partial charge < -0.3 is 19.8 Å². The summed E-state index contributed by atoms with van der Waals surface area (Å²) in [6.45, 7) is 4.83. The summed E-state index contributed by atoms with van der Waals surface area (Å²) < 4.78 is 23.4. The second kappa shape index (κ2) is 29.4. The van der Waals surface area contributed by atoms with Crippen LogP contribution in [-0.4, -0.2) is 73.4 Å². The molecular weight excluding hydrogens is 587 g/mol. The monoisotopic (exact) mass is 662 g/mol. The summed E-state index contributed by atoms with van der Waals surface area (Å²) in [5.74, 6) is -0.157. The van der Waals surface area contributed by atoms with E-state index in [4.69, 9.17) is 9.05 Å². The molecule has 268 valence electrons. The molecule has 0 aromatic carbocycles. The Bertz CT molecular complexity index is 758. The number of quaternary nitrogens is 1. The maximum atomic E-state index is 12.8. The van der Waals surface area contributed by atoms with Gasteiger partial charge in [-0.2, -0.15) is 0 Å². The van der Waals surface area contributed by atoms with E-state index in [9.17, 15) is 19.4 Å². The molecule has 1 amide bonds. The second-order valence-corrected chi connectivity index (χ2v) is 15.4. The average Bonchev–Trinajstić information content (AvgIpc) is 2.97. The van der Waals surface area contributed by atoms with Crippen LogP contribution < -0.4 is 5.32 Å². The van der Waals surface area contributed by atoms with E-state index in [-0.39, 0.29) is 19.1 Å². The molecule has 0 bridgehead atoms. The number of nitrogens with one attached hydrogen (secondary N) is 1. The molecule has 0 aliphatic heterocycles. The van der Waals surface area contributed by atoms with Crippen LogP contribution in [0.3, 0.4) is 0 Å². The number of carbonyl (C=O) groups is 1. The molecule has 0 aliphatic carbocycles. The standard InChI is InChI=1S/C36H73N2O6P/c1-6-8-10-12-14-16-17-18-19-20-22-24-26-28-30-36(40)37-34(33-44-45(41,42)43-32-31-38(3,4)5)35(39)29-27-25-23-21-15-13-11-9-7-2/h17-18,34-35,39H,6-16,19-33H2,1-5H3,(H-,37,40,41,42)/p+1/b18-17+/t34-,35+/m0/s1. The number of likely N-dealkylation sites (N-methyl/N-ethyl adjacent to an activating group) is 1. The number of phosphoric acid groups is 1. The van der Waals surface area contributed by atoms with Crippen LogP contribution >= 0.6 is 7.82 Å². The summed E-state index contributed by atoms with van der Waals surface area (Å²) in [5, 5.41) is 13.8. The van der Waals surface area contributed by atoms with Gasteiger partial charge in [0.1, 0.15) is 13.2 Å². The predicted molar refractivity (Wildman–Crippen MR) is 189 cm³/mol. The number of hydrogen-bond donors (Lipinski definition) is 3. The first-order chi connectivity index (χ1) is 21.5. The molecule has 1 unspecified atom stereocenters. The smallest absolute Gasteiger partial charge is 0.391 e. The fourth-order valence-electron chi connectivity index (χ4n) is 5.21. The Hall–Kier alpha value is -0.760. The van der Waals surface area contributed by atoms with Gasteiger partial charge in [-0.3, -0.25) is 13.8 Å². The highest BCUT2D eigenvalue weighted by molar-refractivity contribution is 7.47. The first-order valence-electron chi connectivity index (χ1n) is 18.6. The van der Waals surface area contributed by atoms with Gasteiger partial charge in [-0.1, -0.05) is 129 Å². The van der Waals surface area contributed by atoms with Crippen LogP contribution in [0, 0.1) is 0 Å². The normalized spacial score (nSPS) is 14.9. The lowest BCUT2D eigenvalue weighted by atomic mass is 10.0. The minimum atomic E-state index is -4.30. The minimum Gasteiger partial charge on any atom is -0.391 e. The number of rotatable bonds is 33. The highest BCUT2D eigenvalue weighted by Crippen LogP contribution is 2.43. The number of carbonyl (C=O) groups excluding carboxylic acids is 1. The van der Waals surface area contributed by atoms with Crippen molar-refractivity contribution in [1.82, 2.24) is 5.32 Å². The summed E-state index contributed by atoms with van der Waals surface area (Å²) in [6.07, 6.45) is 29.5. The number of nitrogens with zero attached hydrogens (tertiary/aromatic N) is 1. The van der Waals surface area contributed by atoms with Crippen LogP contribution in [0.2, 0.25) is 0 Å². The van der Waals surface area contributed by atoms with Crippen LogP contribution in [0.15, 0.2) is 12.2 Å². The van der Waals surface area contributed by atoms with Crippen molar-refractivity contribution in [3.05, 3.63) is 12.2 Å². The van der Waals surface area contributed by atoms with Crippen molar-refractivity contribution in [3.63, 3.8) is 0 Å². The summed E-state index contributed by atoms with van der Waals surface area (Å²) in [6, 6.07) is -0.757. The molecule has 0 aromatic heterocycles. The van der Waals surface area contributed by atoms with Gasteiger partial charge in [0.15, 0.2) is 0 Å². The van der Waals surface area contributed by atoms with Crippen molar-refractivity contribution in [2.24, 2.45) is 0 Å². The topological polar surface area (TPSA) is 105 Å². The molecule has 0 rings (SSSR count). The van der Waals surface area contributed by atoms with Gasteiger partial charge in [-0.05, 0) is 38.5 Å². The molecule has 3 atom stereocenters. The van der Waals surface area contributed by atoms with Crippen LogP contribution in [0.5, 0.6) is 0 Å². The van der Waals surface area contributed by atoms with E-state index in [1.54, 1.807) is 0 Å². The third kappa shape index (κ3) is 31.6. The average molecular weight is 662 g/mol. The predicted octanol–water partition coefficient (Wildman–Crippen LogP) is 9.24. The van der Waals surface area contributed by atoms with E-state index < -0.39 is 20.0 Å². The summed E-state index contributed by atoms with van der Waals surface area (Å²) in [4.78, 5) is 22.9. The summed E-state index contributed by atoms with van der Waals surface area (Å²) in [7, 11) is 1.61. The number of hydrogen-bond acceptors (Lipinski definition) is 5. The Morgan fingerprint density at radius 1 is 0.733 bits per heavy atom. The van der Waals surface area contributed by atoms with Gasteiger partial charge in [-0.15, -0.1) is 0 Å². The van der Waals surface area contributed by atoms with E-state index in [1.165, 1.54) is 83.5 Å². The van der Waals surface area contributed by atoms with Gasteiger partial charge in [0, 0.05) is 6.42 Å². The third-order valence-electron chi connectivity index (χ3n) is 8.26. The SMILES string of the molecule is CCCCCCC/C=C/CCCCCCCC(=O)N[C@@H](COP(=O)(O)OCC[N+](C)(C)C)[C@H](O)CCCCCCCCCCC. The van der Waals surface area contributed by atoms with Crippen LogP contribution in [0.1, 0.15) is 162 Å². The van der Waals surface area contributed by atoms with E-state index in [0.29, 0.717) is 23.9 Å². The largest absolute Gasteiger partial charge is 0.472 e. The summed E-state index contributed by atoms with van der Waals surface area (Å²) >= 11 is 0. The van der Waals surface area contributed by atoms with Gasteiger partial charge in [0.2, 0.25) is 5.91 Å². The Morgan fingerprint density at radius 3 is 1.71 bits per heavy atom. The zero-order chi connectivity index (χ0) is 33.7. The number of aliphatic hydroxyl groups is 1. The van der Waals surface area contributed by atoms with Crippen molar-refractivity contribution in [1.29, 1.82) is 0 Å². The zero-order valence-electron chi connectivity index (χ0n) is 30.1. The number of phosphoric ester groups is 1. The van der Waals surface area contributed by atoms with E-state index >= 15 is 0 Å². The molecule has 0 spiro atoms. The molecule has 0 saturated carbocycles. The van der Waals surface area contributed by atoms with E-state index in [1.807, 2.05) is 21.1 Å². The zero-order valence-corrected chi connectivity index (χ0v) is 31.0. The lowest BCUT2D eigenvalue weighted by Gasteiger charge is -2.26. The molecule has 0 fully saturated rings. The second-order valence-electron chi connectivity index (χ2n) is 14.0. The Balaban J connectivity index is 4.46. The van der Waals surface area contributed by atoms with Crippen molar-refractivity contribution in [2.45, 2.75) is 174 Å². The molecule has 45 heavy (non-hydrogen) atoms. The lowest BCUT2D eigenvalue weighted by Crippen LogP contribution is -2.46. The van der Waals surface area contributed by atoms with Crippen LogP contribution in [0.4, 0.5) is 0 Å². The summed E-state index contributed by atoms with van der Waals surface area (Å²) in [5.41, 5.74) is 0. The molecule has 0 aromatic rings. The number of aliphatic hydroxyl groups excluding tert-OH is 1. The number of amides is 1. The molecule has 9 heteroatoms. The van der Waals surface area contributed by atoms with Crippen molar-refractivity contribution in [2.75, 3.05) is 40.9 Å². The molecule has 0 saturated heterocycles. The van der Waals surface area contributed by atoms with E-state index in [2.05, 4.69) is 31.3 Å². The highest BCUT2D eigenvalue weighted by atomic mass is 31.2. The maximum Gasteiger partial charge on any atom is 0.472 e. The molecular formula is C36H74N2O6P+. The van der Waals surface area contributed by atoms with Gasteiger partial charge in [0.25, 0.3) is 0 Å². The molecule has 0 radical (unpaired) electrons.